The van der Waals surface area contributed by atoms with E-state index in [0.717, 1.165) is 9.13 Å². The summed E-state index contributed by atoms with van der Waals surface area (Å²) in [6.45, 7) is 1.97. The molecule has 0 radical (unpaired) electrons. The molecule has 0 heterocycles. The van der Waals surface area contributed by atoms with Crippen molar-refractivity contribution in [3.63, 3.8) is 0 Å². The van der Waals surface area contributed by atoms with E-state index < -0.39 is 0 Å². The third-order valence-corrected chi connectivity index (χ3v) is 5.37. The number of hydrogen-bond acceptors (Lipinski definition) is 2. The van der Waals surface area contributed by atoms with Crippen LogP contribution >= 0.6 is 22.6 Å². The number of benzene rings is 3. The van der Waals surface area contributed by atoms with Crippen molar-refractivity contribution in [3.05, 3.63) is 99.1 Å². The van der Waals surface area contributed by atoms with E-state index in [1.807, 2.05) is 73.7 Å². The van der Waals surface area contributed by atoms with Crippen LogP contribution in [0, 0.1) is 3.57 Å². The summed E-state index contributed by atoms with van der Waals surface area (Å²) in [5, 5.41) is 2.92. The molecule has 1 N–H and O–H groups in total. The number of amides is 2. The predicted molar refractivity (Wildman–Crippen MR) is 121 cm³/mol. The van der Waals surface area contributed by atoms with Crippen molar-refractivity contribution in [3.8, 4) is 0 Å². The molecular formula is C23H21IN2O2. The van der Waals surface area contributed by atoms with E-state index in [2.05, 4.69) is 27.9 Å². The standard InChI is InChI=1S/C23H21IN2O2/c1-16(26(2)23(28)18-11-13-20(24)14-12-18)19-9-6-10-21(15-19)25-22(27)17-7-4-3-5-8-17/h3-16H,1-2H3,(H,25,27). The normalized spacial score (nSPS) is 11.5. The van der Waals surface area contributed by atoms with Crippen LogP contribution < -0.4 is 5.32 Å². The first-order chi connectivity index (χ1) is 13.5. The summed E-state index contributed by atoms with van der Waals surface area (Å²) in [5.74, 6) is -0.198. The van der Waals surface area contributed by atoms with Crippen LogP contribution in [0.4, 0.5) is 5.69 Å². The number of anilines is 1. The summed E-state index contributed by atoms with van der Waals surface area (Å²) >= 11 is 2.22. The molecule has 0 aliphatic heterocycles. The smallest absolute Gasteiger partial charge is 0.255 e. The summed E-state index contributed by atoms with van der Waals surface area (Å²) in [5.41, 5.74) is 2.91. The lowest BCUT2D eigenvalue weighted by molar-refractivity contribution is 0.0742. The number of halogens is 1. The Morgan fingerprint density at radius 2 is 1.57 bits per heavy atom. The average molecular weight is 484 g/mol. The third-order valence-electron chi connectivity index (χ3n) is 4.66. The molecule has 142 valence electrons. The Balaban J connectivity index is 1.74. The molecule has 3 rings (SSSR count). The highest BCUT2D eigenvalue weighted by atomic mass is 127. The van der Waals surface area contributed by atoms with Gasteiger partial charge in [0, 0.05) is 27.4 Å². The van der Waals surface area contributed by atoms with Gasteiger partial charge in [0.1, 0.15) is 0 Å². The number of rotatable bonds is 5. The summed E-state index contributed by atoms with van der Waals surface area (Å²) in [7, 11) is 1.79. The fraction of sp³-hybridized carbons (Fsp3) is 0.130. The maximum absolute atomic E-state index is 12.8. The van der Waals surface area contributed by atoms with Gasteiger partial charge < -0.3 is 10.2 Å². The molecule has 3 aromatic carbocycles. The Kier molecular flexibility index (Phi) is 6.46. The van der Waals surface area contributed by atoms with Crippen molar-refractivity contribution in [1.82, 2.24) is 4.90 Å². The maximum Gasteiger partial charge on any atom is 0.255 e. The molecule has 5 heteroatoms. The second kappa shape index (κ2) is 9.01. The summed E-state index contributed by atoms with van der Waals surface area (Å²) in [4.78, 5) is 26.9. The molecule has 0 spiro atoms. The van der Waals surface area contributed by atoms with Gasteiger partial charge in [-0.3, -0.25) is 9.59 Å². The van der Waals surface area contributed by atoms with Gasteiger partial charge in [-0.1, -0.05) is 30.3 Å². The number of hydrogen-bond donors (Lipinski definition) is 1. The minimum atomic E-state index is -0.159. The molecule has 28 heavy (non-hydrogen) atoms. The van der Waals surface area contributed by atoms with Crippen molar-refractivity contribution in [1.29, 1.82) is 0 Å². The lowest BCUT2D eigenvalue weighted by Gasteiger charge is -2.26. The molecule has 3 aromatic rings. The summed E-state index contributed by atoms with van der Waals surface area (Å²) < 4.78 is 1.09. The molecule has 2 amide bonds. The van der Waals surface area contributed by atoms with Crippen LogP contribution in [0.25, 0.3) is 0 Å². The largest absolute Gasteiger partial charge is 0.335 e. The second-order valence-electron chi connectivity index (χ2n) is 6.54. The molecule has 0 saturated carbocycles. The van der Waals surface area contributed by atoms with Gasteiger partial charge in [-0.15, -0.1) is 0 Å². The van der Waals surface area contributed by atoms with Gasteiger partial charge in [0.2, 0.25) is 0 Å². The lowest BCUT2D eigenvalue weighted by atomic mass is 10.1. The molecule has 1 unspecified atom stereocenters. The quantitative estimate of drug-likeness (QED) is 0.495. The van der Waals surface area contributed by atoms with Crippen LogP contribution in [0.5, 0.6) is 0 Å². The Bertz CT molecular complexity index is 971. The lowest BCUT2D eigenvalue weighted by Crippen LogP contribution is -2.29. The molecule has 1 atom stereocenters. The van der Waals surface area contributed by atoms with E-state index in [1.165, 1.54) is 0 Å². The highest BCUT2D eigenvalue weighted by Crippen LogP contribution is 2.24. The van der Waals surface area contributed by atoms with Gasteiger partial charge in [0.15, 0.2) is 0 Å². The topological polar surface area (TPSA) is 49.4 Å². The van der Waals surface area contributed by atoms with Crippen molar-refractivity contribution < 1.29 is 9.59 Å². The zero-order chi connectivity index (χ0) is 20.1. The van der Waals surface area contributed by atoms with E-state index in [9.17, 15) is 9.59 Å². The molecule has 4 nitrogen and oxygen atoms in total. The molecular weight excluding hydrogens is 463 g/mol. The first-order valence-electron chi connectivity index (χ1n) is 8.95. The fourth-order valence-corrected chi connectivity index (χ4v) is 3.22. The predicted octanol–water partition coefficient (Wildman–Crippen LogP) is 5.38. The maximum atomic E-state index is 12.8. The number of carbonyl (C=O) groups is 2. The van der Waals surface area contributed by atoms with Crippen LogP contribution in [0.1, 0.15) is 39.2 Å². The van der Waals surface area contributed by atoms with E-state index in [4.69, 9.17) is 0 Å². The van der Waals surface area contributed by atoms with Crippen molar-refractivity contribution in [2.45, 2.75) is 13.0 Å². The van der Waals surface area contributed by atoms with E-state index >= 15 is 0 Å². The first kappa shape index (κ1) is 20.1. The van der Waals surface area contributed by atoms with Crippen LogP contribution in [0.3, 0.4) is 0 Å². The number of nitrogens with zero attached hydrogens (tertiary/aromatic N) is 1. The van der Waals surface area contributed by atoms with Gasteiger partial charge in [0.25, 0.3) is 11.8 Å². The molecule has 0 bridgehead atoms. The average Bonchev–Trinajstić information content (AvgIpc) is 2.73. The number of nitrogens with one attached hydrogen (secondary N) is 1. The zero-order valence-corrected chi connectivity index (χ0v) is 17.9. The van der Waals surface area contributed by atoms with Crippen LogP contribution in [-0.4, -0.2) is 23.8 Å². The highest BCUT2D eigenvalue weighted by molar-refractivity contribution is 14.1. The minimum Gasteiger partial charge on any atom is -0.335 e. The van der Waals surface area contributed by atoms with E-state index in [-0.39, 0.29) is 17.9 Å². The van der Waals surface area contributed by atoms with Gasteiger partial charge in [-0.25, -0.2) is 0 Å². The van der Waals surface area contributed by atoms with E-state index in [0.29, 0.717) is 16.8 Å². The van der Waals surface area contributed by atoms with Gasteiger partial charge in [-0.2, -0.15) is 0 Å². The van der Waals surface area contributed by atoms with E-state index in [1.54, 1.807) is 24.1 Å². The Morgan fingerprint density at radius 1 is 0.893 bits per heavy atom. The van der Waals surface area contributed by atoms with Crippen LogP contribution in [-0.2, 0) is 0 Å². The van der Waals surface area contributed by atoms with Gasteiger partial charge >= 0.3 is 0 Å². The summed E-state index contributed by atoms with van der Waals surface area (Å²) in [6, 6.07) is 24.1. The first-order valence-corrected chi connectivity index (χ1v) is 10.0. The fourth-order valence-electron chi connectivity index (χ4n) is 2.86. The Labute approximate surface area is 178 Å². The molecule has 0 aliphatic carbocycles. The van der Waals surface area contributed by atoms with Crippen molar-refractivity contribution in [2.75, 3.05) is 12.4 Å². The van der Waals surface area contributed by atoms with Crippen LogP contribution in [0.15, 0.2) is 78.9 Å². The second-order valence-corrected chi connectivity index (χ2v) is 7.79. The highest BCUT2D eigenvalue weighted by Gasteiger charge is 2.19. The Hall–Kier alpha value is -2.67. The van der Waals surface area contributed by atoms with Crippen molar-refractivity contribution in [2.24, 2.45) is 0 Å². The SMILES string of the molecule is CC(c1cccc(NC(=O)c2ccccc2)c1)N(C)C(=O)c1ccc(I)cc1. The number of carbonyl (C=O) groups excluding carboxylic acids is 2. The summed E-state index contributed by atoms with van der Waals surface area (Å²) in [6.07, 6.45) is 0. The van der Waals surface area contributed by atoms with Crippen LogP contribution in [0.2, 0.25) is 0 Å². The third kappa shape index (κ3) is 4.78. The Morgan fingerprint density at radius 3 is 2.25 bits per heavy atom. The monoisotopic (exact) mass is 484 g/mol. The van der Waals surface area contributed by atoms with Crippen molar-refractivity contribution >= 4 is 40.1 Å². The minimum absolute atomic E-state index is 0.0392. The molecule has 0 saturated heterocycles. The molecule has 0 fully saturated rings. The molecule has 0 aromatic heterocycles. The van der Waals surface area contributed by atoms with Gasteiger partial charge in [0.05, 0.1) is 6.04 Å². The van der Waals surface area contributed by atoms with Gasteiger partial charge in [-0.05, 0) is 83.6 Å². The zero-order valence-electron chi connectivity index (χ0n) is 15.7. The molecule has 0 aliphatic rings.